The molecule has 0 N–H and O–H groups in total. The number of nitrogens with zero attached hydrogens (tertiary/aromatic N) is 1. The van der Waals surface area contributed by atoms with Crippen LogP contribution in [0.2, 0.25) is 19.6 Å². The minimum absolute atomic E-state index is 0.723. The molecular formula is C10H17NSi. The summed E-state index contributed by atoms with van der Waals surface area (Å²) in [5.41, 5.74) is 2.16. The van der Waals surface area contributed by atoms with Crippen molar-refractivity contribution in [1.82, 2.24) is 4.98 Å². The van der Waals surface area contributed by atoms with Gasteiger partial charge in [0.1, 0.15) is 0 Å². The van der Waals surface area contributed by atoms with E-state index in [4.69, 9.17) is 0 Å². The fraction of sp³-hybridized carbons (Fsp3) is 0.500. The molecule has 0 bridgehead atoms. The number of hydrogen-bond donors (Lipinski definition) is 0. The first kappa shape index (κ1) is 9.45. The summed E-state index contributed by atoms with van der Waals surface area (Å²) < 4.78 is 0. The molecule has 0 unspecified atom stereocenters. The van der Waals surface area contributed by atoms with E-state index in [1.807, 2.05) is 12.4 Å². The van der Waals surface area contributed by atoms with Gasteiger partial charge in [-0.3, -0.25) is 4.98 Å². The maximum atomic E-state index is 4.03. The highest BCUT2D eigenvalue weighted by atomic mass is 28.3. The Hall–Kier alpha value is -0.633. The van der Waals surface area contributed by atoms with Crippen molar-refractivity contribution in [2.45, 2.75) is 32.1 Å². The summed E-state index contributed by atoms with van der Waals surface area (Å²) in [6.45, 7) is 9.52. The zero-order valence-electron chi connectivity index (χ0n) is 8.33. The van der Waals surface area contributed by atoms with Crippen molar-refractivity contribution in [1.29, 1.82) is 0 Å². The van der Waals surface area contributed by atoms with E-state index < -0.39 is 8.07 Å². The van der Waals surface area contributed by atoms with Gasteiger partial charge < -0.3 is 0 Å². The van der Waals surface area contributed by atoms with E-state index in [9.17, 15) is 0 Å². The topological polar surface area (TPSA) is 12.9 Å². The third-order valence-corrected chi connectivity index (χ3v) is 5.44. The summed E-state index contributed by atoms with van der Waals surface area (Å²) in [7, 11) is -1.03. The Bertz CT molecular complexity index is 238. The third-order valence-electron chi connectivity index (χ3n) is 2.51. The average Bonchev–Trinajstić information content (AvgIpc) is 2.03. The molecule has 0 amide bonds. The second-order valence-corrected chi connectivity index (χ2v) is 9.97. The summed E-state index contributed by atoms with van der Waals surface area (Å²) in [6, 6.07) is 4.26. The molecule has 0 aliphatic heterocycles. The van der Waals surface area contributed by atoms with Gasteiger partial charge in [-0.05, 0) is 23.2 Å². The quantitative estimate of drug-likeness (QED) is 0.636. The summed E-state index contributed by atoms with van der Waals surface area (Å²) in [4.78, 5) is 4.03. The number of rotatable bonds is 2. The van der Waals surface area contributed by atoms with Gasteiger partial charge in [0.05, 0.1) is 8.07 Å². The van der Waals surface area contributed by atoms with E-state index in [-0.39, 0.29) is 0 Å². The molecular weight excluding hydrogens is 162 g/mol. The lowest BCUT2D eigenvalue weighted by atomic mass is 10.2. The lowest BCUT2D eigenvalue weighted by Crippen LogP contribution is -2.28. The normalized spacial score (nSPS) is 14.3. The second-order valence-electron chi connectivity index (χ2n) is 4.37. The first-order chi connectivity index (χ1) is 5.52. The van der Waals surface area contributed by atoms with Crippen LogP contribution >= 0.6 is 0 Å². The van der Waals surface area contributed by atoms with E-state index in [1.165, 1.54) is 5.56 Å². The van der Waals surface area contributed by atoms with Gasteiger partial charge in [-0.2, -0.15) is 0 Å². The molecule has 2 heteroatoms. The van der Waals surface area contributed by atoms with E-state index in [1.54, 1.807) is 0 Å². The van der Waals surface area contributed by atoms with Crippen LogP contribution in [0.4, 0.5) is 0 Å². The van der Waals surface area contributed by atoms with Crippen LogP contribution in [0.3, 0.4) is 0 Å². The van der Waals surface area contributed by atoms with Gasteiger partial charge in [-0.15, -0.1) is 0 Å². The van der Waals surface area contributed by atoms with Crippen molar-refractivity contribution in [3.8, 4) is 0 Å². The molecule has 12 heavy (non-hydrogen) atoms. The van der Waals surface area contributed by atoms with E-state index in [0.29, 0.717) is 0 Å². The number of pyridine rings is 1. The molecule has 66 valence electrons. The molecule has 0 aromatic carbocycles. The van der Waals surface area contributed by atoms with Crippen LogP contribution in [0, 0.1) is 0 Å². The predicted molar refractivity (Wildman–Crippen MR) is 56.0 cm³/mol. The van der Waals surface area contributed by atoms with Crippen molar-refractivity contribution < 1.29 is 0 Å². The minimum atomic E-state index is -1.03. The zero-order chi connectivity index (χ0) is 9.19. The first-order valence-electron chi connectivity index (χ1n) is 4.42. The number of hydrogen-bond acceptors (Lipinski definition) is 1. The molecule has 0 aliphatic rings. The Balaban J connectivity index is 2.86. The molecule has 0 saturated heterocycles. The Labute approximate surface area is 75.9 Å². The highest BCUT2D eigenvalue weighted by molar-refractivity contribution is 6.77. The largest absolute Gasteiger partial charge is 0.265 e. The Morgan fingerprint density at radius 2 is 1.67 bits per heavy atom. The summed E-state index contributed by atoms with van der Waals surface area (Å²) in [5.74, 6) is 0. The highest BCUT2D eigenvalue weighted by Crippen LogP contribution is 2.25. The molecule has 0 radical (unpaired) electrons. The molecule has 1 heterocycles. The molecule has 1 rings (SSSR count). The van der Waals surface area contributed by atoms with Gasteiger partial charge in [0.15, 0.2) is 0 Å². The van der Waals surface area contributed by atoms with Crippen molar-refractivity contribution in [2.75, 3.05) is 0 Å². The van der Waals surface area contributed by atoms with Gasteiger partial charge in [-0.1, -0.05) is 26.6 Å². The fourth-order valence-electron chi connectivity index (χ4n) is 1.15. The SMILES string of the molecule is C[C@H](c1ccncc1)[Si](C)(C)C. The maximum absolute atomic E-state index is 4.03. The summed E-state index contributed by atoms with van der Waals surface area (Å²) >= 11 is 0. The van der Waals surface area contributed by atoms with Crippen molar-refractivity contribution in [2.24, 2.45) is 0 Å². The van der Waals surface area contributed by atoms with Crippen LogP contribution in [-0.4, -0.2) is 13.1 Å². The van der Waals surface area contributed by atoms with Gasteiger partial charge in [0.2, 0.25) is 0 Å². The molecule has 1 aromatic heterocycles. The van der Waals surface area contributed by atoms with Gasteiger partial charge >= 0.3 is 0 Å². The van der Waals surface area contributed by atoms with Crippen LogP contribution in [0.1, 0.15) is 18.0 Å². The van der Waals surface area contributed by atoms with Gasteiger partial charge in [0.25, 0.3) is 0 Å². The standard InChI is InChI=1S/C10H17NSi/c1-9(12(2,3)4)10-5-7-11-8-6-10/h5-9H,1-4H3/t9-/m1/s1. The lowest BCUT2D eigenvalue weighted by molar-refractivity contribution is 1.01. The molecule has 0 aliphatic carbocycles. The van der Waals surface area contributed by atoms with Gasteiger partial charge in [0, 0.05) is 12.4 Å². The molecule has 0 saturated carbocycles. The van der Waals surface area contributed by atoms with E-state index >= 15 is 0 Å². The Morgan fingerprint density at radius 3 is 2.08 bits per heavy atom. The fourth-order valence-corrected chi connectivity index (χ4v) is 2.34. The predicted octanol–water partition coefficient (Wildman–Crippen LogP) is 3.06. The second kappa shape index (κ2) is 3.40. The van der Waals surface area contributed by atoms with Crippen LogP contribution in [0.5, 0.6) is 0 Å². The zero-order valence-corrected chi connectivity index (χ0v) is 9.33. The Morgan fingerprint density at radius 1 is 1.17 bits per heavy atom. The molecule has 1 nitrogen and oxygen atoms in total. The van der Waals surface area contributed by atoms with Crippen molar-refractivity contribution in [3.05, 3.63) is 30.1 Å². The van der Waals surface area contributed by atoms with E-state index in [0.717, 1.165) is 5.54 Å². The van der Waals surface area contributed by atoms with Crippen LogP contribution in [0.25, 0.3) is 0 Å². The first-order valence-corrected chi connectivity index (χ1v) is 7.99. The summed E-state index contributed by atoms with van der Waals surface area (Å²) in [6.07, 6.45) is 3.76. The molecule has 1 aromatic rings. The average molecular weight is 179 g/mol. The van der Waals surface area contributed by atoms with Crippen molar-refractivity contribution in [3.63, 3.8) is 0 Å². The molecule has 0 fully saturated rings. The number of aromatic nitrogens is 1. The smallest absolute Gasteiger partial charge is 0.0518 e. The third kappa shape index (κ3) is 2.17. The van der Waals surface area contributed by atoms with Crippen LogP contribution in [0.15, 0.2) is 24.5 Å². The summed E-state index contributed by atoms with van der Waals surface area (Å²) in [5, 5.41) is 0. The minimum Gasteiger partial charge on any atom is -0.265 e. The lowest BCUT2D eigenvalue weighted by Gasteiger charge is -2.25. The van der Waals surface area contributed by atoms with Gasteiger partial charge in [-0.25, -0.2) is 0 Å². The maximum Gasteiger partial charge on any atom is 0.0518 e. The Kier molecular flexibility index (Phi) is 2.68. The van der Waals surface area contributed by atoms with Crippen LogP contribution in [-0.2, 0) is 0 Å². The molecule has 1 atom stereocenters. The van der Waals surface area contributed by atoms with Crippen molar-refractivity contribution >= 4 is 8.07 Å². The molecule has 0 spiro atoms. The van der Waals surface area contributed by atoms with E-state index in [2.05, 4.69) is 43.7 Å². The van der Waals surface area contributed by atoms with Crippen LogP contribution < -0.4 is 0 Å². The highest BCUT2D eigenvalue weighted by Gasteiger charge is 2.23. The monoisotopic (exact) mass is 179 g/mol.